The van der Waals surface area contributed by atoms with E-state index in [0.717, 1.165) is 0 Å². The summed E-state index contributed by atoms with van der Waals surface area (Å²) in [5.74, 6) is -0.102. The van der Waals surface area contributed by atoms with Crippen molar-refractivity contribution in [3.05, 3.63) is 30.1 Å². The highest BCUT2D eigenvalue weighted by molar-refractivity contribution is 5.85. The molecule has 1 aromatic carbocycles. The van der Waals surface area contributed by atoms with E-state index in [9.17, 15) is 4.39 Å². The minimum atomic E-state index is -0.355. The molecule has 0 bridgehead atoms. The molecule has 0 radical (unpaired) electrons. The molecule has 0 heterocycles. The Kier molecular flexibility index (Phi) is 7.99. The van der Waals surface area contributed by atoms with Gasteiger partial charge in [0, 0.05) is 6.54 Å². The van der Waals surface area contributed by atoms with Gasteiger partial charge in [-0.2, -0.15) is 0 Å². The van der Waals surface area contributed by atoms with E-state index in [1.54, 1.807) is 18.2 Å². The van der Waals surface area contributed by atoms with Crippen LogP contribution in [0.3, 0.4) is 0 Å². The number of hydrogen-bond donors (Lipinski definition) is 1. The number of benzene rings is 1. The van der Waals surface area contributed by atoms with E-state index in [1.165, 1.54) is 6.07 Å². The maximum absolute atomic E-state index is 13.0. The standard InChI is InChI=1S/C10H14FNO2.ClH/c11-9-3-1-2-4-10(9)14-8-7-13-6-5-12;/h1-4H,5-8,12H2;1H. The fourth-order valence-electron chi connectivity index (χ4n) is 0.958. The highest BCUT2D eigenvalue weighted by Gasteiger charge is 1.99. The van der Waals surface area contributed by atoms with Crippen molar-refractivity contribution in [3.63, 3.8) is 0 Å². The Balaban J connectivity index is 0.00000196. The first-order chi connectivity index (χ1) is 6.84. The van der Waals surface area contributed by atoms with Crippen molar-refractivity contribution in [3.8, 4) is 5.75 Å². The van der Waals surface area contributed by atoms with E-state index in [0.29, 0.717) is 26.4 Å². The number of halogens is 2. The van der Waals surface area contributed by atoms with Crippen molar-refractivity contribution < 1.29 is 13.9 Å². The fraction of sp³-hybridized carbons (Fsp3) is 0.400. The molecule has 3 nitrogen and oxygen atoms in total. The molecule has 0 saturated heterocycles. The summed E-state index contributed by atoms with van der Waals surface area (Å²) in [6.45, 7) is 1.74. The van der Waals surface area contributed by atoms with Gasteiger partial charge in [-0.1, -0.05) is 12.1 Å². The molecule has 0 unspecified atom stereocenters. The second-order valence-corrected chi connectivity index (χ2v) is 2.68. The number of para-hydroxylation sites is 1. The number of hydrogen-bond acceptors (Lipinski definition) is 3. The normalized spacial score (nSPS) is 9.47. The summed E-state index contributed by atoms with van der Waals surface area (Å²) in [7, 11) is 0. The van der Waals surface area contributed by atoms with Crippen molar-refractivity contribution in [1.29, 1.82) is 0 Å². The maximum atomic E-state index is 13.0. The van der Waals surface area contributed by atoms with Gasteiger partial charge >= 0.3 is 0 Å². The Morgan fingerprint density at radius 1 is 1.13 bits per heavy atom. The molecule has 0 spiro atoms. The van der Waals surface area contributed by atoms with Gasteiger partial charge in [0.05, 0.1) is 13.2 Å². The van der Waals surface area contributed by atoms with Crippen LogP contribution in [0.2, 0.25) is 0 Å². The Labute approximate surface area is 94.8 Å². The maximum Gasteiger partial charge on any atom is 0.165 e. The second kappa shape index (κ2) is 8.47. The molecule has 1 rings (SSSR count). The van der Waals surface area contributed by atoms with Gasteiger partial charge in [-0.3, -0.25) is 0 Å². The van der Waals surface area contributed by atoms with Gasteiger partial charge in [-0.05, 0) is 12.1 Å². The van der Waals surface area contributed by atoms with Crippen LogP contribution in [0.25, 0.3) is 0 Å². The van der Waals surface area contributed by atoms with Gasteiger partial charge in [0.1, 0.15) is 6.61 Å². The lowest BCUT2D eigenvalue weighted by atomic mass is 10.3. The van der Waals surface area contributed by atoms with Gasteiger partial charge in [0.2, 0.25) is 0 Å². The monoisotopic (exact) mass is 235 g/mol. The second-order valence-electron chi connectivity index (χ2n) is 2.68. The van der Waals surface area contributed by atoms with Crippen LogP contribution >= 0.6 is 12.4 Å². The molecular weight excluding hydrogens is 221 g/mol. The first kappa shape index (κ1) is 14.2. The average molecular weight is 236 g/mol. The summed E-state index contributed by atoms with van der Waals surface area (Å²) >= 11 is 0. The lowest BCUT2D eigenvalue weighted by Crippen LogP contribution is -2.13. The predicted molar refractivity (Wildman–Crippen MR) is 59.0 cm³/mol. The molecule has 0 fully saturated rings. The molecule has 86 valence electrons. The van der Waals surface area contributed by atoms with Crippen molar-refractivity contribution in [2.75, 3.05) is 26.4 Å². The zero-order valence-electron chi connectivity index (χ0n) is 8.32. The van der Waals surface area contributed by atoms with Crippen LogP contribution in [0.15, 0.2) is 24.3 Å². The number of rotatable bonds is 6. The third kappa shape index (κ3) is 5.57. The summed E-state index contributed by atoms with van der Waals surface area (Å²) in [4.78, 5) is 0. The first-order valence-corrected chi connectivity index (χ1v) is 4.49. The minimum Gasteiger partial charge on any atom is -0.488 e. The lowest BCUT2D eigenvalue weighted by Gasteiger charge is -2.06. The number of ether oxygens (including phenoxy) is 2. The van der Waals surface area contributed by atoms with E-state index in [-0.39, 0.29) is 24.0 Å². The first-order valence-electron chi connectivity index (χ1n) is 4.49. The highest BCUT2D eigenvalue weighted by Crippen LogP contribution is 2.14. The van der Waals surface area contributed by atoms with Gasteiger partial charge in [-0.15, -0.1) is 12.4 Å². The third-order valence-electron chi connectivity index (χ3n) is 1.58. The SMILES string of the molecule is Cl.NCCOCCOc1ccccc1F. The molecule has 0 saturated carbocycles. The van der Waals surface area contributed by atoms with E-state index in [2.05, 4.69) is 0 Å². The zero-order chi connectivity index (χ0) is 10.2. The van der Waals surface area contributed by atoms with E-state index in [1.807, 2.05) is 0 Å². The van der Waals surface area contributed by atoms with Crippen molar-refractivity contribution >= 4 is 12.4 Å². The molecule has 0 atom stereocenters. The summed E-state index contributed by atoms with van der Waals surface area (Å²) < 4.78 is 23.2. The van der Waals surface area contributed by atoms with Crippen LogP contribution in [0.1, 0.15) is 0 Å². The van der Waals surface area contributed by atoms with Crippen molar-refractivity contribution in [2.45, 2.75) is 0 Å². The molecule has 0 aliphatic rings. The van der Waals surface area contributed by atoms with Gasteiger partial charge < -0.3 is 15.2 Å². The zero-order valence-corrected chi connectivity index (χ0v) is 9.13. The van der Waals surface area contributed by atoms with Crippen LogP contribution in [0, 0.1) is 5.82 Å². The Morgan fingerprint density at radius 2 is 1.87 bits per heavy atom. The van der Waals surface area contributed by atoms with E-state index in [4.69, 9.17) is 15.2 Å². The quantitative estimate of drug-likeness (QED) is 0.762. The van der Waals surface area contributed by atoms with Crippen LogP contribution < -0.4 is 10.5 Å². The molecular formula is C10H15ClFNO2. The predicted octanol–water partition coefficient (Wildman–Crippen LogP) is 1.60. The van der Waals surface area contributed by atoms with Gasteiger partial charge in [-0.25, -0.2) is 4.39 Å². The smallest absolute Gasteiger partial charge is 0.165 e. The van der Waals surface area contributed by atoms with Crippen molar-refractivity contribution in [2.24, 2.45) is 5.73 Å². The summed E-state index contributed by atoms with van der Waals surface area (Å²) in [6.07, 6.45) is 0. The highest BCUT2D eigenvalue weighted by atomic mass is 35.5. The largest absolute Gasteiger partial charge is 0.488 e. The van der Waals surface area contributed by atoms with Crippen molar-refractivity contribution in [1.82, 2.24) is 0 Å². The molecule has 15 heavy (non-hydrogen) atoms. The Hall–Kier alpha value is -0.840. The molecule has 2 N–H and O–H groups in total. The summed E-state index contributed by atoms with van der Waals surface area (Å²) in [6, 6.07) is 6.28. The van der Waals surface area contributed by atoms with E-state index >= 15 is 0 Å². The summed E-state index contributed by atoms with van der Waals surface area (Å²) in [5.41, 5.74) is 5.22. The average Bonchev–Trinajstić information content (AvgIpc) is 2.20. The third-order valence-corrected chi connectivity index (χ3v) is 1.58. The molecule has 1 aromatic rings. The van der Waals surface area contributed by atoms with E-state index < -0.39 is 0 Å². The van der Waals surface area contributed by atoms with Crippen LogP contribution in [-0.2, 0) is 4.74 Å². The fourth-order valence-corrected chi connectivity index (χ4v) is 0.958. The molecule has 5 heteroatoms. The van der Waals surface area contributed by atoms with Gasteiger partial charge in [0.25, 0.3) is 0 Å². The molecule has 0 amide bonds. The number of nitrogens with two attached hydrogens (primary N) is 1. The Morgan fingerprint density at radius 3 is 2.53 bits per heavy atom. The van der Waals surface area contributed by atoms with Crippen LogP contribution in [0.4, 0.5) is 4.39 Å². The Bertz CT molecular complexity index is 273. The minimum absolute atomic E-state index is 0. The molecule has 0 aliphatic carbocycles. The topological polar surface area (TPSA) is 44.5 Å². The van der Waals surface area contributed by atoms with Crippen LogP contribution in [0.5, 0.6) is 5.75 Å². The molecule has 0 aromatic heterocycles. The van der Waals surface area contributed by atoms with Gasteiger partial charge in [0.15, 0.2) is 11.6 Å². The summed E-state index contributed by atoms with van der Waals surface area (Å²) in [5, 5.41) is 0. The molecule has 0 aliphatic heterocycles. The lowest BCUT2D eigenvalue weighted by molar-refractivity contribution is 0.104. The van der Waals surface area contributed by atoms with Crippen LogP contribution in [-0.4, -0.2) is 26.4 Å².